The van der Waals surface area contributed by atoms with E-state index in [0.29, 0.717) is 24.2 Å². The number of carbonyl (C=O) groups is 1. The van der Waals surface area contributed by atoms with Gasteiger partial charge in [0, 0.05) is 0 Å². The van der Waals surface area contributed by atoms with Crippen LogP contribution in [0.3, 0.4) is 0 Å². The maximum absolute atomic E-state index is 11.5. The van der Waals surface area contributed by atoms with Crippen molar-refractivity contribution >= 4 is 5.97 Å². The molecular formula is C33H52O7. The van der Waals surface area contributed by atoms with Crippen molar-refractivity contribution in [1.82, 2.24) is 0 Å². The van der Waals surface area contributed by atoms with Gasteiger partial charge >= 0.3 is 5.97 Å². The quantitative estimate of drug-likeness (QED) is 0.293. The van der Waals surface area contributed by atoms with E-state index in [2.05, 4.69) is 46.4 Å². The minimum atomic E-state index is -1.72. The lowest BCUT2D eigenvalue weighted by atomic mass is 9.60. The first-order chi connectivity index (χ1) is 18.9. The predicted molar refractivity (Wildman–Crippen MR) is 154 cm³/mol. The summed E-state index contributed by atoms with van der Waals surface area (Å²) in [5.41, 5.74) is 4.10. The first kappa shape index (κ1) is 31.4. The predicted octanol–water partition coefficient (Wildman–Crippen LogP) is 5.54. The van der Waals surface area contributed by atoms with Gasteiger partial charge in [-0.25, -0.2) is 4.79 Å². The Balaban J connectivity index is 1.42. The average molecular weight is 561 g/mol. The molecule has 1 saturated heterocycles. The van der Waals surface area contributed by atoms with Crippen LogP contribution in [0.15, 0.2) is 35.5 Å². The number of hydrogen-bond acceptors (Lipinski definition) is 6. The van der Waals surface area contributed by atoms with Crippen molar-refractivity contribution in [2.45, 2.75) is 135 Å². The third-order valence-corrected chi connectivity index (χ3v) is 10.5. The van der Waals surface area contributed by atoms with Crippen molar-refractivity contribution in [2.75, 3.05) is 0 Å². The van der Waals surface area contributed by atoms with Crippen molar-refractivity contribution in [1.29, 1.82) is 0 Å². The van der Waals surface area contributed by atoms with E-state index >= 15 is 0 Å². The summed E-state index contributed by atoms with van der Waals surface area (Å²) in [5.74, 6) is 1.55. The van der Waals surface area contributed by atoms with Crippen molar-refractivity contribution in [3.63, 3.8) is 0 Å². The monoisotopic (exact) mass is 560 g/mol. The van der Waals surface area contributed by atoms with Gasteiger partial charge in [0.1, 0.15) is 18.3 Å². The molecule has 0 radical (unpaired) electrons. The molecule has 226 valence electrons. The van der Waals surface area contributed by atoms with Gasteiger partial charge in [-0.1, -0.05) is 76.8 Å². The van der Waals surface area contributed by atoms with Gasteiger partial charge in [0.15, 0.2) is 12.4 Å². The van der Waals surface area contributed by atoms with E-state index in [1.165, 1.54) is 44.9 Å². The number of hydrogen-bond donors (Lipinski definition) is 4. The Hall–Kier alpha value is -1.51. The molecule has 0 aromatic carbocycles. The number of carboxylic acid groups (broad SMARTS) is 1. The van der Waals surface area contributed by atoms with Crippen molar-refractivity contribution in [3.05, 3.63) is 35.5 Å². The fraction of sp³-hybridized carbons (Fsp3) is 0.788. The second-order valence-electron chi connectivity index (χ2n) is 13.7. The summed E-state index contributed by atoms with van der Waals surface area (Å²) in [6.45, 7) is 13.9. The summed E-state index contributed by atoms with van der Waals surface area (Å²) in [6.07, 6.45) is 8.55. The molecule has 1 unspecified atom stereocenters. The van der Waals surface area contributed by atoms with Gasteiger partial charge in [-0.05, 0) is 86.0 Å². The molecule has 0 bridgehead atoms. The van der Waals surface area contributed by atoms with Gasteiger partial charge in [0.2, 0.25) is 0 Å². The van der Waals surface area contributed by atoms with Crippen LogP contribution in [0, 0.1) is 29.1 Å². The molecule has 0 aromatic rings. The van der Waals surface area contributed by atoms with Gasteiger partial charge in [-0.2, -0.15) is 0 Å². The zero-order valence-corrected chi connectivity index (χ0v) is 24.9. The van der Waals surface area contributed by atoms with Crippen LogP contribution in [-0.4, -0.2) is 63.2 Å². The zero-order chi connectivity index (χ0) is 29.2. The summed E-state index contributed by atoms with van der Waals surface area (Å²) < 4.78 is 11.3. The Labute approximate surface area is 240 Å². The number of carboxylic acids is 1. The summed E-state index contributed by atoms with van der Waals surface area (Å²) in [7, 11) is 0. The first-order valence-corrected chi connectivity index (χ1v) is 15.6. The fourth-order valence-corrected chi connectivity index (χ4v) is 8.11. The summed E-state index contributed by atoms with van der Waals surface area (Å²) in [6, 6.07) is 0. The minimum Gasteiger partial charge on any atom is -0.479 e. The topological polar surface area (TPSA) is 116 Å². The molecule has 4 fully saturated rings. The Morgan fingerprint density at radius 2 is 1.82 bits per heavy atom. The van der Waals surface area contributed by atoms with Gasteiger partial charge in [0.25, 0.3) is 0 Å². The van der Waals surface area contributed by atoms with Crippen LogP contribution in [0.1, 0.15) is 98.3 Å². The van der Waals surface area contributed by atoms with E-state index in [4.69, 9.17) is 9.47 Å². The molecule has 0 spiro atoms. The highest BCUT2D eigenvalue weighted by atomic mass is 16.7. The number of aliphatic carboxylic acids is 1. The highest BCUT2D eigenvalue weighted by molar-refractivity contribution is 5.73. The van der Waals surface area contributed by atoms with Crippen LogP contribution >= 0.6 is 0 Å². The lowest BCUT2D eigenvalue weighted by molar-refractivity contribution is -0.304. The smallest absolute Gasteiger partial charge is 0.335 e. The second-order valence-corrected chi connectivity index (χ2v) is 13.7. The fourth-order valence-electron chi connectivity index (χ4n) is 8.11. The maximum Gasteiger partial charge on any atom is 0.335 e. The normalized spacial score (nSPS) is 41.5. The third kappa shape index (κ3) is 6.75. The molecular weight excluding hydrogens is 508 g/mol. The molecule has 10 atom stereocenters. The Bertz CT molecular complexity index is 970. The molecule has 1 heterocycles. The number of allylic oxidation sites excluding steroid dienone is 4. The summed E-state index contributed by atoms with van der Waals surface area (Å²) in [5, 5.41) is 39.8. The van der Waals surface area contributed by atoms with Gasteiger partial charge < -0.3 is 29.9 Å². The largest absolute Gasteiger partial charge is 0.479 e. The highest BCUT2D eigenvalue weighted by Gasteiger charge is 2.51. The standard InChI is InChI=1S/C33H52O7/c1-19(2)8-6-9-21(4)25-15-16-26-22(10-7-17-33(25,26)5)12-13-23-18-24(14-11-20(23)3)39-32-29(36)27(34)28(35)30(40-32)31(37)38/h12-13,19,21,24-30,32,34-36H,3,6-11,14-18H2,1-2,4-5H3,(H,37,38)/b22-12+,23-13?/t21-,24+,25-,26?,27+,28+,29-,30+,32-,33-/m1/s1. The van der Waals surface area contributed by atoms with Crippen LogP contribution in [0.4, 0.5) is 0 Å². The highest BCUT2D eigenvalue weighted by Crippen LogP contribution is 2.60. The van der Waals surface area contributed by atoms with E-state index < -0.39 is 36.7 Å². The van der Waals surface area contributed by atoms with Crippen molar-refractivity contribution < 1.29 is 34.7 Å². The summed E-state index contributed by atoms with van der Waals surface area (Å²) >= 11 is 0. The molecule has 1 aliphatic heterocycles. The van der Waals surface area contributed by atoms with Crippen molar-refractivity contribution in [2.24, 2.45) is 29.1 Å². The molecule has 3 aliphatic carbocycles. The van der Waals surface area contributed by atoms with Gasteiger partial charge in [0.05, 0.1) is 6.10 Å². The first-order valence-electron chi connectivity index (χ1n) is 15.6. The lowest BCUT2D eigenvalue weighted by Crippen LogP contribution is -2.60. The van der Waals surface area contributed by atoms with Crippen LogP contribution in [0.2, 0.25) is 0 Å². The molecule has 0 amide bonds. The Kier molecular flexibility index (Phi) is 10.4. The second kappa shape index (κ2) is 13.2. The van der Waals surface area contributed by atoms with E-state index in [1.54, 1.807) is 5.57 Å². The lowest BCUT2D eigenvalue weighted by Gasteiger charge is -2.44. The number of rotatable bonds is 9. The molecule has 40 heavy (non-hydrogen) atoms. The SMILES string of the molecule is C=C1CC[C@H](O[C@@H]2O[C@H](C(=O)O)[C@@H](O)[C@H](O)[C@H]2O)CC1=C/C=C1\CCC[C@@]2(C)C1CC[C@@H]2[C@H](C)CCCC(C)C. The number of fused-ring (bicyclic) bond motifs is 1. The molecule has 3 saturated carbocycles. The maximum atomic E-state index is 11.5. The van der Waals surface area contributed by atoms with E-state index in [1.807, 2.05) is 0 Å². The average Bonchev–Trinajstić information content (AvgIpc) is 3.26. The Morgan fingerprint density at radius 3 is 2.52 bits per heavy atom. The van der Waals surface area contributed by atoms with Crippen molar-refractivity contribution in [3.8, 4) is 0 Å². The van der Waals surface area contributed by atoms with E-state index in [-0.39, 0.29) is 6.10 Å². The van der Waals surface area contributed by atoms with Crippen LogP contribution in [0.5, 0.6) is 0 Å². The summed E-state index contributed by atoms with van der Waals surface area (Å²) in [4.78, 5) is 11.5. The molecule has 4 N–H and O–H groups in total. The number of ether oxygens (including phenoxy) is 2. The third-order valence-electron chi connectivity index (χ3n) is 10.5. The van der Waals surface area contributed by atoms with Crippen LogP contribution < -0.4 is 0 Å². The number of aliphatic hydroxyl groups excluding tert-OH is 3. The Morgan fingerprint density at radius 1 is 1.07 bits per heavy atom. The van der Waals surface area contributed by atoms with E-state index in [0.717, 1.165) is 41.7 Å². The van der Waals surface area contributed by atoms with Gasteiger partial charge in [-0.15, -0.1) is 0 Å². The molecule has 4 aliphatic rings. The van der Waals surface area contributed by atoms with Gasteiger partial charge in [-0.3, -0.25) is 0 Å². The minimum absolute atomic E-state index is 0.314. The van der Waals surface area contributed by atoms with Crippen LogP contribution in [0.25, 0.3) is 0 Å². The molecule has 0 aromatic heterocycles. The molecule has 7 heteroatoms. The van der Waals surface area contributed by atoms with Crippen LogP contribution in [-0.2, 0) is 14.3 Å². The number of aliphatic hydroxyl groups is 3. The van der Waals surface area contributed by atoms with E-state index in [9.17, 15) is 25.2 Å². The zero-order valence-electron chi connectivity index (χ0n) is 24.9. The molecule has 4 rings (SSSR count). The molecule has 7 nitrogen and oxygen atoms in total.